The number of oxime groups is 1. The highest BCUT2D eigenvalue weighted by molar-refractivity contribution is 6.03. The summed E-state index contributed by atoms with van der Waals surface area (Å²) in [7, 11) is 0. The molecule has 6 atom stereocenters. The van der Waals surface area contributed by atoms with Gasteiger partial charge in [-0.05, 0) is 93.0 Å². The summed E-state index contributed by atoms with van der Waals surface area (Å²) in [5, 5.41) is 24.6. The molecule has 0 bridgehead atoms. The number of allylic oxidation sites excluding steroid dienone is 1. The lowest BCUT2D eigenvalue weighted by molar-refractivity contribution is -0.257. The smallest absolute Gasteiger partial charge is 0.239 e. The summed E-state index contributed by atoms with van der Waals surface area (Å²) in [5.41, 5.74) is 3.26. The monoisotopic (exact) mass is 788 g/mol. The van der Waals surface area contributed by atoms with E-state index in [2.05, 4.69) is 19.6 Å². The maximum atomic E-state index is 14.7. The van der Waals surface area contributed by atoms with Crippen LogP contribution in [0.3, 0.4) is 0 Å². The zero-order valence-corrected chi connectivity index (χ0v) is 34.2. The molecule has 9 nitrogen and oxygen atoms in total. The van der Waals surface area contributed by atoms with Crippen LogP contribution in [0.15, 0.2) is 71.9 Å². The summed E-state index contributed by atoms with van der Waals surface area (Å²) in [6.45, 7) is 9.55. The highest BCUT2D eigenvalue weighted by atomic mass is 19.1. The Labute approximate surface area is 339 Å². The predicted molar refractivity (Wildman–Crippen MR) is 221 cm³/mol. The van der Waals surface area contributed by atoms with Gasteiger partial charge < -0.3 is 34.2 Å². The van der Waals surface area contributed by atoms with Crippen molar-refractivity contribution >= 4 is 11.6 Å². The second kappa shape index (κ2) is 20.8. The van der Waals surface area contributed by atoms with Gasteiger partial charge in [0.05, 0.1) is 18.2 Å². The molecule has 0 saturated heterocycles. The molecule has 312 valence electrons. The molecule has 0 unspecified atom stereocenters. The maximum absolute atomic E-state index is 14.7. The van der Waals surface area contributed by atoms with Crippen molar-refractivity contribution in [3.8, 4) is 11.5 Å². The van der Waals surface area contributed by atoms with Gasteiger partial charge in [0.2, 0.25) is 11.7 Å². The van der Waals surface area contributed by atoms with Gasteiger partial charge in [0.25, 0.3) is 0 Å². The van der Waals surface area contributed by atoms with Crippen LogP contribution in [0.25, 0.3) is 0 Å². The summed E-state index contributed by atoms with van der Waals surface area (Å²) in [6, 6.07) is 12.0. The molecule has 57 heavy (non-hydrogen) atoms. The first-order valence-electron chi connectivity index (χ1n) is 21.7. The fourth-order valence-electron chi connectivity index (χ4n) is 10.1. The quantitative estimate of drug-likeness (QED) is 0.0696. The van der Waals surface area contributed by atoms with Crippen LogP contribution < -0.4 is 9.47 Å². The van der Waals surface area contributed by atoms with Crippen molar-refractivity contribution in [2.24, 2.45) is 28.8 Å². The number of carbonyl (C=O) groups excluding carboxylic acids is 1. The molecule has 2 N–H and O–H groups in total. The zero-order chi connectivity index (χ0) is 40.2. The van der Waals surface area contributed by atoms with Gasteiger partial charge >= 0.3 is 0 Å². The standard InChI is InChI=1S/C47H65FN2O7/c1-4-25-50(44(53)24-21-33-15-7-8-16-33)43-31-41(49-56-6-3)38-29-34(17-11-13-26-51)37(19-12-14-27-52)45-39-30-36(54-32-35-18-9-10-20-40(35)48)22-23-42(39)57-47(43,46(38)45)55-28-5-2/h5,9-10,18,20,22-23,29-30,33-34,37,43,45-46,51-52H,2,4,6-8,11-17,19,21,24-28,31-32H2,1,3H3/t34-,37+,43-,45+,46+,47+/m0/s1. The number of amides is 1. The SMILES string of the molecule is C=CCO[C@@]12Oc3ccc(OCc4ccccc4F)cc3[C@H]3[C@H](CCCCO)[C@@H](CCCCO)C=C(C(=NOCC)C[C@@H]1N(CCC)C(=O)CCC1CCCC1)[C@H]32. The van der Waals surface area contributed by atoms with Crippen LogP contribution in [0.4, 0.5) is 4.39 Å². The summed E-state index contributed by atoms with van der Waals surface area (Å²) in [6.07, 6.45) is 16.2. The lowest BCUT2D eigenvalue weighted by atomic mass is 9.55. The van der Waals surface area contributed by atoms with E-state index in [1.807, 2.05) is 30.0 Å². The largest absolute Gasteiger partial charge is 0.489 e. The van der Waals surface area contributed by atoms with Gasteiger partial charge in [-0.1, -0.05) is 81.0 Å². The number of aliphatic hydroxyl groups is 2. The Morgan fingerprint density at radius 3 is 2.54 bits per heavy atom. The first-order chi connectivity index (χ1) is 27.9. The number of ether oxygens (including phenoxy) is 3. The fraction of sp³-hybridized carbons (Fsp3) is 0.617. The van der Waals surface area contributed by atoms with Crippen LogP contribution in [0, 0.1) is 29.5 Å². The maximum Gasteiger partial charge on any atom is 0.239 e. The fourth-order valence-corrected chi connectivity index (χ4v) is 10.1. The molecule has 1 aliphatic heterocycles. The van der Waals surface area contributed by atoms with Gasteiger partial charge in [-0.3, -0.25) is 4.79 Å². The van der Waals surface area contributed by atoms with Crippen LogP contribution >= 0.6 is 0 Å². The molecule has 10 heteroatoms. The number of rotatable bonds is 22. The summed E-state index contributed by atoms with van der Waals surface area (Å²) >= 11 is 0. The summed E-state index contributed by atoms with van der Waals surface area (Å²) in [4.78, 5) is 22.5. The molecule has 6 rings (SSSR count). The van der Waals surface area contributed by atoms with Gasteiger partial charge in [-0.15, -0.1) is 6.58 Å². The second-order valence-electron chi connectivity index (χ2n) is 16.3. The normalized spacial score (nSPS) is 25.9. The minimum Gasteiger partial charge on any atom is -0.489 e. The van der Waals surface area contributed by atoms with Crippen molar-refractivity contribution in [3.05, 3.63) is 83.7 Å². The highest BCUT2D eigenvalue weighted by Crippen LogP contribution is 2.62. The Balaban J connectivity index is 1.52. The number of benzene rings is 2. The molecule has 4 aliphatic rings. The molecule has 2 aromatic rings. The number of unbranched alkanes of at least 4 members (excludes halogenated alkanes) is 2. The van der Waals surface area contributed by atoms with Gasteiger partial charge in [0.1, 0.15) is 36.6 Å². The molecule has 2 aromatic carbocycles. The van der Waals surface area contributed by atoms with E-state index in [1.54, 1.807) is 24.3 Å². The van der Waals surface area contributed by atoms with Crippen LogP contribution in [0.2, 0.25) is 0 Å². The lowest BCUT2D eigenvalue weighted by Gasteiger charge is -2.60. The Bertz CT molecular complexity index is 1690. The molecule has 2 fully saturated rings. The Hall–Kier alpha value is -3.73. The molecule has 3 aliphatic carbocycles. The molecule has 0 aromatic heterocycles. The molecule has 1 heterocycles. The average molecular weight is 789 g/mol. The molecule has 0 radical (unpaired) electrons. The van der Waals surface area contributed by atoms with E-state index in [9.17, 15) is 19.4 Å². The number of carbonyl (C=O) groups is 1. The van der Waals surface area contributed by atoms with Crippen molar-refractivity contribution in [3.63, 3.8) is 0 Å². The van der Waals surface area contributed by atoms with E-state index < -0.39 is 11.8 Å². The van der Waals surface area contributed by atoms with Crippen molar-refractivity contribution in [1.82, 2.24) is 4.90 Å². The number of fused-ring (bicyclic) bond motifs is 2. The number of nitrogens with zero attached hydrogens (tertiary/aromatic N) is 2. The molecule has 0 spiro atoms. The number of halogens is 1. The third-order valence-corrected chi connectivity index (χ3v) is 12.7. The zero-order valence-electron chi connectivity index (χ0n) is 34.2. The van der Waals surface area contributed by atoms with Crippen LogP contribution in [0.5, 0.6) is 11.5 Å². The van der Waals surface area contributed by atoms with E-state index in [1.165, 1.54) is 31.7 Å². The van der Waals surface area contributed by atoms with Crippen molar-refractivity contribution < 1.29 is 38.4 Å². The Kier molecular flexibility index (Phi) is 15.6. The molecule has 2 saturated carbocycles. The van der Waals surface area contributed by atoms with E-state index in [0.717, 1.165) is 55.4 Å². The lowest BCUT2D eigenvalue weighted by Crippen LogP contribution is -2.70. The first kappa shape index (κ1) is 42.9. The second-order valence-corrected chi connectivity index (χ2v) is 16.3. The third kappa shape index (κ3) is 9.77. The van der Waals surface area contributed by atoms with Crippen LogP contribution in [-0.4, -0.2) is 71.5 Å². The van der Waals surface area contributed by atoms with Crippen molar-refractivity contribution in [2.75, 3.05) is 33.0 Å². The molecular formula is C47H65FN2O7. The topological polar surface area (TPSA) is 110 Å². The number of aliphatic hydroxyl groups excluding tert-OH is 2. The minimum absolute atomic E-state index is 0.0733. The van der Waals surface area contributed by atoms with Crippen molar-refractivity contribution in [1.29, 1.82) is 0 Å². The van der Waals surface area contributed by atoms with E-state index in [0.29, 0.717) is 61.8 Å². The summed E-state index contributed by atoms with van der Waals surface area (Å²) in [5.74, 6) is 0.0745. The Morgan fingerprint density at radius 2 is 1.82 bits per heavy atom. The summed E-state index contributed by atoms with van der Waals surface area (Å²) < 4.78 is 35.4. The van der Waals surface area contributed by atoms with Crippen LogP contribution in [-0.2, 0) is 21.0 Å². The number of hydrogen-bond donors (Lipinski definition) is 2. The van der Waals surface area contributed by atoms with Gasteiger partial charge in [0.15, 0.2) is 0 Å². The molecular weight excluding hydrogens is 724 g/mol. The minimum atomic E-state index is -1.28. The van der Waals surface area contributed by atoms with E-state index in [-0.39, 0.29) is 61.8 Å². The van der Waals surface area contributed by atoms with E-state index >= 15 is 0 Å². The number of hydrogen-bond acceptors (Lipinski definition) is 8. The van der Waals surface area contributed by atoms with E-state index in [4.69, 9.17) is 24.2 Å². The molecule has 1 amide bonds. The van der Waals surface area contributed by atoms with Gasteiger partial charge in [0, 0.05) is 49.6 Å². The van der Waals surface area contributed by atoms with Crippen LogP contribution in [0.1, 0.15) is 121 Å². The Morgan fingerprint density at radius 1 is 1.05 bits per heavy atom. The predicted octanol–water partition coefficient (Wildman–Crippen LogP) is 9.27. The first-order valence-corrected chi connectivity index (χ1v) is 21.7. The highest BCUT2D eigenvalue weighted by Gasteiger charge is 2.65. The average Bonchev–Trinajstić information content (AvgIpc) is 3.75. The third-order valence-electron chi connectivity index (χ3n) is 12.7. The van der Waals surface area contributed by atoms with Gasteiger partial charge in [-0.25, -0.2) is 4.39 Å². The van der Waals surface area contributed by atoms with Gasteiger partial charge in [-0.2, -0.15) is 0 Å². The van der Waals surface area contributed by atoms with Crippen molar-refractivity contribution in [2.45, 2.75) is 128 Å².